The molecule has 258 valence electrons. The molecule has 5 aromatic rings. The van der Waals surface area contributed by atoms with E-state index in [0.717, 1.165) is 30.6 Å². The molecule has 1 unspecified atom stereocenters. The van der Waals surface area contributed by atoms with Crippen molar-refractivity contribution in [2.45, 2.75) is 69.4 Å². The third kappa shape index (κ3) is 5.00. The number of aromatic amines is 1. The van der Waals surface area contributed by atoms with Gasteiger partial charge in [-0.25, -0.2) is 14.5 Å². The summed E-state index contributed by atoms with van der Waals surface area (Å²) in [6, 6.07) is 16.2. The van der Waals surface area contributed by atoms with Crippen LogP contribution in [-0.2, 0) is 18.2 Å². The zero-order valence-corrected chi connectivity index (χ0v) is 28.2. The van der Waals surface area contributed by atoms with Crippen molar-refractivity contribution in [2.24, 2.45) is 24.3 Å². The molecule has 2 saturated carbocycles. The summed E-state index contributed by atoms with van der Waals surface area (Å²) in [7, 11) is 1.82. The highest BCUT2D eigenvalue weighted by atomic mass is 19.1. The highest BCUT2D eigenvalue weighted by Crippen LogP contribution is 2.61. The minimum atomic E-state index is -0.499. The molecule has 9 rings (SSSR count). The van der Waals surface area contributed by atoms with Gasteiger partial charge in [-0.15, -0.1) is 0 Å². The molecule has 7 atom stereocenters. The Morgan fingerprint density at radius 2 is 1.92 bits per heavy atom. The first-order valence-electron chi connectivity index (χ1n) is 17.8. The number of hydrogen-bond donors (Lipinski definition) is 3. The van der Waals surface area contributed by atoms with E-state index in [4.69, 9.17) is 9.47 Å². The maximum Gasteiger partial charge on any atom is 0.272 e. The number of anilines is 1. The Hall–Kier alpha value is -4.77. The van der Waals surface area contributed by atoms with Crippen molar-refractivity contribution in [1.29, 1.82) is 0 Å². The van der Waals surface area contributed by atoms with E-state index in [2.05, 4.69) is 38.6 Å². The topological polar surface area (TPSA) is 127 Å². The third-order valence-electron chi connectivity index (χ3n) is 12.4. The number of hydrogen-bond acceptors (Lipinski definition) is 8. The van der Waals surface area contributed by atoms with Gasteiger partial charge in [0.1, 0.15) is 36.1 Å². The number of ether oxygens (including phenoxy) is 2. The number of halogens is 1. The molecule has 0 saturated heterocycles. The number of aromatic nitrogens is 5. The van der Waals surface area contributed by atoms with Crippen LogP contribution in [0.4, 0.5) is 10.1 Å². The minimum Gasteiger partial charge on any atom is -0.508 e. The fourth-order valence-electron chi connectivity index (χ4n) is 10.1. The first-order chi connectivity index (χ1) is 24.3. The Balaban J connectivity index is 0.870. The normalized spacial score (nSPS) is 28.1. The van der Waals surface area contributed by atoms with Crippen LogP contribution >= 0.6 is 0 Å². The Kier molecular flexibility index (Phi) is 7.45. The first kappa shape index (κ1) is 31.2. The van der Waals surface area contributed by atoms with Crippen molar-refractivity contribution in [3.8, 4) is 11.5 Å². The van der Waals surface area contributed by atoms with Crippen molar-refractivity contribution in [2.75, 3.05) is 18.5 Å². The highest BCUT2D eigenvalue weighted by molar-refractivity contribution is 5.97. The van der Waals surface area contributed by atoms with Crippen LogP contribution in [-0.4, -0.2) is 49.4 Å². The molecule has 10 nitrogen and oxygen atoms in total. The molecule has 0 bridgehead atoms. The van der Waals surface area contributed by atoms with Crippen molar-refractivity contribution in [3.63, 3.8) is 0 Å². The van der Waals surface area contributed by atoms with E-state index in [-0.39, 0.29) is 22.9 Å². The Morgan fingerprint density at radius 1 is 1.06 bits per heavy atom. The van der Waals surface area contributed by atoms with Gasteiger partial charge in [0, 0.05) is 18.1 Å². The second kappa shape index (κ2) is 11.9. The molecular weight excluding hydrogens is 635 g/mol. The summed E-state index contributed by atoms with van der Waals surface area (Å²) in [5, 5.41) is 25.6. The number of phenolic OH excluding ortho intramolecular Hbond substituents is 1. The average Bonchev–Trinajstić information content (AvgIpc) is 3.69. The van der Waals surface area contributed by atoms with Crippen LogP contribution < -0.4 is 15.6 Å². The van der Waals surface area contributed by atoms with Gasteiger partial charge in [0.2, 0.25) is 0 Å². The lowest BCUT2D eigenvalue weighted by atomic mass is 9.55. The van der Waals surface area contributed by atoms with Crippen LogP contribution in [0.1, 0.15) is 85.1 Å². The van der Waals surface area contributed by atoms with Gasteiger partial charge in [0.25, 0.3) is 5.56 Å². The molecule has 3 N–H and O–H groups in total. The van der Waals surface area contributed by atoms with Gasteiger partial charge in [-0.2, -0.15) is 10.2 Å². The predicted molar refractivity (Wildman–Crippen MR) is 186 cm³/mol. The van der Waals surface area contributed by atoms with Gasteiger partial charge in [0.05, 0.1) is 35.8 Å². The Morgan fingerprint density at radius 3 is 2.74 bits per heavy atom. The molecule has 0 amide bonds. The fraction of sp³-hybridized carbons (Fsp3) is 0.436. The van der Waals surface area contributed by atoms with Crippen LogP contribution in [0, 0.1) is 23.1 Å². The molecular formula is C39H41FN6O4. The summed E-state index contributed by atoms with van der Waals surface area (Å²) in [6.07, 6.45) is 8.60. The van der Waals surface area contributed by atoms with E-state index in [0.29, 0.717) is 59.3 Å². The molecule has 50 heavy (non-hydrogen) atoms. The molecule has 3 heterocycles. The molecule has 11 heteroatoms. The van der Waals surface area contributed by atoms with E-state index in [1.807, 2.05) is 43.4 Å². The van der Waals surface area contributed by atoms with E-state index in [1.54, 1.807) is 4.68 Å². The summed E-state index contributed by atoms with van der Waals surface area (Å²) in [5.41, 5.74) is 4.57. The number of rotatable bonds is 7. The molecule has 4 aliphatic rings. The molecule has 3 aromatic carbocycles. The van der Waals surface area contributed by atoms with Crippen LogP contribution in [0.25, 0.3) is 10.8 Å². The third-order valence-corrected chi connectivity index (χ3v) is 12.4. The summed E-state index contributed by atoms with van der Waals surface area (Å²) in [4.78, 5) is 17.1. The zero-order valence-electron chi connectivity index (χ0n) is 28.2. The van der Waals surface area contributed by atoms with Crippen molar-refractivity contribution in [1.82, 2.24) is 25.0 Å². The van der Waals surface area contributed by atoms with E-state index in [1.165, 1.54) is 48.8 Å². The highest BCUT2D eigenvalue weighted by Gasteiger charge is 2.55. The summed E-state index contributed by atoms with van der Waals surface area (Å²) in [5.74, 6) is 2.81. The lowest BCUT2D eigenvalue weighted by Gasteiger charge is -2.50. The van der Waals surface area contributed by atoms with Gasteiger partial charge in [-0.1, -0.05) is 25.1 Å². The summed E-state index contributed by atoms with van der Waals surface area (Å²) >= 11 is 0. The van der Waals surface area contributed by atoms with Crippen molar-refractivity contribution >= 4 is 16.5 Å². The van der Waals surface area contributed by atoms with Crippen molar-refractivity contribution < 1.29 is 19.0 Å². The van der Waals surface area contributed by atoms with Crippen LogP contribution in [0.5, 0.6) is 11.5 Å². The number of nitrogens with one attached hydrogen (secondary N) is 2. The predicted octanol–water partition coefficient (Wildman–Crippen LogP) is 6.52. The van der Waals surface area contributed by atoms with Gasteiger partial charge >= 0.3 is 0 Å². The molecule has 0 radical (unpaired) electrons. The number of phenols is 1. The van der Waals surface area contributed by atoms with Gasteiger partial charge < -0.3 is 19.9 Å². The van der Waals surface area contributed by atoms with Crippen LogP contribution in [0.2, 0.25) is 0 Å². The second-order valence-corrected chi connectivity index (χ2v) is 14.9. The lowest BCUT2D eigenvalue weighted by molar-refractivity contribution is -0.0693. The number of fused-ring (bicyclic) bond motifs is 5. The van der Waals surface area contributed by atoms with Gasteiger partial charge in [-0.05, 0) is 115 Å². The molecule has 2 aromatic heterocycles. The quantitative estimate of drug-likeness (QED) is 0.167. The fourth-order valence-corrected chi connectivity index (χ4v) is 10.1. The monoisotopic (exact) mass is 676 g/mol. The van der Waals surface area contributed by atoms with Crippen LogP contribution in [0.15, 0.2) is 65.7 Å². The number of aryl methyl sites for hydroxylation is 2. The molecule has 0 spiro atoms. The van der Waals surface area contributed by atoms with E-state index in [9.17, 15) is 14.3 Å². The second-order valence-electron chi connectivity index (χ2n) is 14.9. The van der Waals surface area contributed by atoms with Gasteiger partial charge in [-0.3, -0.25) is 9.48 Å². The molecule has 3 aliphatic carbocycles. The largest absolute Gasteiger partial charge is 0.508 e. The maximum absolute atomic E-state index is 14.6. The number of benzene rings is 3. The Bertz CT molecular complexity index is 2150. The molecule has 1 aliphatic heterocycles. The zero-order chi connectivity index (χ0) is 34.1. The minimum absolute atomic E-state index is 0.178. The van der Waals surface area contributed by atoms with Crippen LogP contribution in [0.3, 0.4) is 0 Å². The Labute approximate surface area is 289 Å². The summed E-state index contributed by atoms with van der Waals surface area (Å²) in [6.45, 7) is 3.43. The maximum atomic E-state index is 14.6. The number of aromatic hydroxyl groups is 1. The first-order valence-corrected chi connectivity index (χ1v) is 17.8. The number of nitrogens with zero attached hydrogens (tertiary/aromatic N) is 4. The SMILES string of the molecule is Cn1ncnc1[C@H]1c2n[nH]c(=O)c3cc(F)cc(c23)NC1c1ccc(OCCO[C@H]2CC[C@H]3[C@@H]4CCc5cc(O)ccc5[C@H]4CC[C@]23C)cc1. The standard InChI is InChI=1S/C39H41FN6O4/c1-39-14-13-27-26-10-6-24(47)17-22(26)5-9-28(27)30(39)11-12-32(39)50-16-15-49-25-7-3-21(4-8-25)35-34(37-41-20-42-46(37)2)36-33-29(38(48)45-44-36)18-23(40)19-31(33)43-35/h3-4,6-8,10,17-20,27-28,30,32,34-35,43,47H,5,9,11-16H2,1-2H3,(H,45,48)/t27-,28-,30+,32+,34-,35?,39+/m1/s1. The lowest BCUT2D eigenvalue weighted by Crippen LogP contribution is -2.45. The number of H-pyrrole nitrogens is 1. The van der Waals surface area contributed by atoms with Gasteiger partial charge in [0.15, 0.2) is 0 Å². The smallest absolute Gasteiger partial charge is 0.272 e. The van der Waals surface area contributed by atoms with E-state index >= 15 is 0 Å². The van der Waals surface area contributed by atoms with Crippen molar-refractivity contribution in [3.05, 3.63) is 105 Å². The van der Waals surface area contributed by atoms with E-state index < -0.39 is 17.3 Å². The molecule has 2 fully saturated rings. The average molecular weight is 677 g/mol. The summed E-state index contributed by atoms with van der Waals surface area (Å²) < 4.78 is 29.1.